The highest BCUT2D eigenvalue weighted by atomic mass is 35.5. The number of benzene rings is 2. The zero-order valence-corrected chi connectivity index (χ0v) is 17.3. The van der Waals surface area contributed by atoms with Gasteiger partial charge in [0, 0.05) is 23.9 Å². The van der Waals surface area contributed by atoms with E-state index in [-0.39, 0.29) is 23.6 Å². The highest BCUT2D eigenvalue weighted by molar-refractivity contribution is 6.30. The smallest absolute Gasteiger partial charge is 0.290 e. The van der Waals surface area contributed by atoms with Gasteiger partial charge in [-0.2, -0.15) is 5.10 Å². The largest absolute Gasteiger partial charge is 0.493 e. The third-order valence-corrected chi connectivity index (χ3v) is 4.66. The molecule has 0 bridgehead atoms. The number of nitrogens with one attached hydrogen (secondary N) is 2. The molecule has 156 valence electrons. The standard InChI is InChI=1S/C21H21ClN4O4/c1-13-12-14(22)9-10-17(13)30-11-5-8-18(27)23-24-20(28)19-15-6-3-4-7-16(15)21(29)26(2)25-19/h3-4,6-7,9-10,12H,5,8,11H2,1-2H3,(H,23,27)(H,24,28). The third-order valence-electron chi connectivity index (χ3n) is 4.43. The van der Waals surface area contributed by atoms with E-state index in [0.29, 0.717) is 34.6 Å². The zero-order chi connectivity index (χ0) is 21.7. The number of carbonyl (C=O) groups excluding carboxylic acids is 2. The van der Waals surface area contributed by atoms with Crippen molar-refractivity contribution in [3.05, 3.63) is 69.1 Å². The maximum atomic E-state index is 12.5. The molecule has 0 aliphatic rings. The van der Waals surface area contributed by atoms with E-state index in [1.807, 2.05) is 6.92 Å². The topological polar surface area (TPSA) is 102 Å². The average molecular weight is 429 g/mol. The van der Waals surface area contributed by atoms with Gasteiger partial charge in [-0.3, -0.25) is 25.2 Å². The normalized spacial score (nSPS) is 10.6. The van der Waals surface area contributed by atoms with Gasteiger partial charge in [0.25, 0.3) is 11.5 Å². The van der Waals surface area contributed by atoms with Crippen LogP contribution in [0.5, 0.6) is 5.75 Å². The highest BCUT2D eigenvalue weighted by Gasteiger charge is 2.16. The molecule has 1 aromatic heterocycles. The fourth-order valence-electron chi connectivity index (χ4n) is 2.91. The summed E-state index contributed by atoms with van der Waals surface area (Å²) in [4.78, 5) is 36.6. The Morgan fingerprint density at radius 2 is 1.87 bits per heavy atom. The van der Waals surface area contributed by atoms with Gasteiger partial charge in [-0.25, -0.2) is 4.68 Å². The first-order valence-corrected chi connectivity index (χ1v) is 9.69. The van der Waals surface area contributed by atoms with Gasteiger partial charge in [0.2, 0.25) is 5.91 Å². The van der Waals surface area contributed by atoms with Crippen LogP contribution in [0.2, 0.25) is 5.02 Å². The Labute approximate surface area is 177 Å². The number of rotatable bonds is 6. The molecule has 3 rings (SSSR count). The Hall–Kier alpha value is -3.39. The summed E-state index contributed by atoms with van der Waals surface area (Å²) in [7, 11) is 1.46. The summed E-state index contributed by atoms with van der Waals surface area (Å²) >= 11 is 5.91. The Bertz CT molecular complexity index is 1160. The first-order valence-electron chi connectivity index (χ1n) is 9.31. The van der Waals surface area contributed by atoms with Crippen molar-refractivity contribution in [2.75, 3.05) is 6.61 Å². The number of hydrogen-bond donors (Lipinski definition) is 2. The van der Waals surface area contributed by atoms with Crippen LogP contribution in [0.3, 0.4) is 0 Å². The number of amides is 2. The number of nitrogens with zero attached hydrogens (tertiary/aromatic N) is 2. The van der Waals surface area contributed by atoms with Crippen molar-refractivity contribution in [3.8, 4) is 5.75 Å². The summed E-state index contributed by atoms with van der Waals surface area (Å²) < 4.78 is 6.73. The fraction of sp³-hybridized carbons (Fsp3) is 0.238. The number of halogens is 1. The van der Waals surface area contributed by atoms with Crippen molar-refractivity contribution in [2.24, 2.45) is 7.05 Å². The fourth-order valence-corrected chi connectivity index (χ4v) is 3.13. The number of hydrogen-bond acceptors (Lipinski definition) is 5. The lowest BCUT2D eigenvalue weighted by Gasteiger charge is -2.11. The van der Waals surface area contributed by atoms with Crippen LogP contribution in [0.25, 0.3) is 10.8 Å². The Morgan fingerprint density at radius 3 is 2.60 bits per heavy atom. The predicted octanol–water partition coefficient (Wildman–Crippen LogP) is 2.52. The summed E-state index contributed by atoms with van der Waals surface area (Å²) in [5, 5.41) is 5.44. The van der Waals surface area contributed by atoms with E-state index in [2.05, 4.69) is 16.0 Å². The molecule has 30 heavy (non-hydrogen) atoms. The number of fused-ring (bicyclic) bond motifs is 1. The van der Waals surface area contributed by atoms with Crippen molar-refractivity contribution in [1.29, 1.82) is 0 Å². The zero-order valence-electron chi connectivity index (χ0n) is 16.6. The number of carbonyl (C=O) groups is 2. The van der Waals surface area contributed by atoms with E-state index >= 15 is 0 Å². The molecule has 0 radical (unpaired) electrons. The monoisotopic (exact) mass is 428 g/mol. The molecular weight excluding hydrogens is 408 g/mol. The third kappa shape index (κ3) is 4.96. The SMILES string of the molecule is Cc1cc(Cl)ccc1OCCCC(=O)NNC(=O)c1nn(C)c(=O)c2ccccc12. The van der Waals surface area contributed by atoms with Gasteiger partial charge in [0.1, 0.15) is 5.75 Å². The second-order valence-electron chi connectivity index (χ2n) is 6.69. The van der Waals surface area contributed by atoms with Crippen molar-refractivity contribution in [3.63, 3.8) is 0 Å². The molecule has 2 aromatic carbocycles. The molecule has 0 aliphatic heterocycles. The van der Waals surface area contributed by atoms with Crippen LogP contribution in [0.1, 0.15) is 28.9 Å². The minimum Gasteiger partial charge on any atom is -0.493 e. The number of aromatic nitrogens is 2. The molecule has 1 heterocycles. The average Bonchev–Trinajstić information content (AvgIpc) is 2.73. The lowest BCUT2D eigenvalue weighted by molar-refractivity contribution is -0.122. The molecular formula is C21H21ClN4O4. The summed E-state index contributed by atoms with van der Waals surface area (Å²) in [6, 6.07) is 12.0. The minimum absolute atomic E-state index is 0.0505. The maximum absolute atomic E-state index is 12.5. The number of ether oxygens (including phenoxy) is 1. The van der Waals surface area contributed by atoms with E-state index in [1.165, 1.54) is 7.05 Å². The van der Waals surface area contributed by atoms with Crippen LogP contribution in [-0.4, -0.2) is 28.2 Å². The highest BCUT2D eigenvalue weighted by Crippen LogP contribution is 2.21. The van der Waals surface area contributed by atoms with Gasteiger partial charge in [-0.15, -0.1) is 0 Å². The summed E-state index contributed by atoms with van der Waals surface area (Å²) in [6.45, 7) is 2.23. The van der Waals surface area contributed by atoms with E-state index < -0.39 is 5.91 Å². The van der Waals surface area contributed by atoms with Crippen molar-refractivity contribution >= 4 is 34.2 Å². The minimum atomic E-state index is -0.608. The van der Waals surface area contributed by atoms with E-state index in [9.17, 15) is 14.4 Å². The summed E-state index contributed by atoms with van der Waals surface area (Å²) in [5.74, 6) is -0.266. The second-order valence-corrected chi connectivity index (χ2v) is 7.12. The van der Waals surface area contributed by atoms with Gasteiger partial charge in [-0.05, 0) is 43.2 Å². The first-order chi connectivity index (χ1) is 14.4. The molecule has 0 spiro atoms. The molecule has 0 saturated heterocycles. The molecule has 0 fully saturated rings. The van der Waals surface area contributed by atoms with Crippen LogP contribution in [0, 0.1) is 6.92 Å². The van der Waals surface area contributed by atoms with Gasteiger partial charge < -0.3 is 4.74 Å². The van der Waals surface area contributed by atoms with Crippen LogP contribution in [0.4, 0.5) is 0 Å². The number of hydrazine groups is 1. The summed E-state index contributed by atoms with van der Waals surface area (Å²) in [5.41, 5.74) is 5.36. The van der Waals surface area contributed by atoms with Crippen LogP contribution in [0.15, 0.2) is 47.3 Å². The Morgan fingerprint density at radius 1 is 1.13 bits per heavy atom. The quantitative estimate of drug-likeness (QED) is 0.464. The molecule has 2 amide bonds. The molecule has 9 heteroatoms. The van der Waals surface area contributed by atoms with E-state index in [1.54, 1.807) is 42.5 Å². The van der Waals surface area contributed by atoms with E-state index in [4.69, 9.17) is 16.3 Å². The molecule has 0 aliphatic carbocycles. The van der Waals surface area contributed by atoms with Gasteiger partial charge >= 0.3 is 0 Å². The molecule has 0 atom stereocenters. The predicted molar refractivity (Wildman–Crippen MR) is 114 cm³/mol. The maximum Gasteiger partial charge on any atom is 0.290 e. The lowest BCUT2D eigenvalue weighted by atomic mass is 10.1. The van der Waals surface area contributed by atoms with Gasteiger partial charge in [0.05, 0.1) is 12.0 Å². The van der Waals surface area contributed by atoms with Gasteiger partial charge in [-0.1, -0.05) is 29.8 Å². The van der Waals surface area contributed by atoms with E-state index in [0.717, 1.165) is 10.2 Å². The van der Waals surface area contributed by atoms with Crippen molar-refractivity contribution in [1.82, 2.24) is 20.6 Å². The van der Waals surface area contributed by atoms with Gasteiger partial charge in [0.15, 0.2) is 5.69 Å². The summed E-state index contributed by atoms with van der Waals surface area (Å²) in [6.07, 6.45) is 0.624. The number of aryl methyl sites for hydroxylation is 2. The lowest BCUT2D eigenvalue weighted by Crippen LogP contribution is -2.42. The van der Waals surface area contributed by atoms with Crippen LogP contribution >= 0.6 is 11.6 Å². The Balaban J connectivity index is 1.51. The molecule has 2 N–H and O–H groups in total. The van der Waals surface area contributed by atoms with Crippen molar-refractivity contribution < 1.29 is 14.3 Å². The molecule has 0 saturated carbocycles. The Kier molecular flexibility index (Phi) is 6.68. The molecule has 0 unspecified atom stereocenters. The molecule has 8 nitrogen and oxygen atoms in total. The first kappa shape index (κ1) is 21.3. The van der Waals surface area contributed by atoms with Crippen LogP contribution < -0.4 is 21.1 Å². The van der Waals surface area contributed by atoms with Crippen molar-refractivity contribution in [2.45, 2.75) is 19.8 Å². The second kappa shape index (κ2) is 9.41. The van der Waals surface area contributed by atoms with Crippen LogP contribution in [-0.2, 0) is 11.8 Å². The molecule has 3 aromatic rings.